The summed E-state index contributed by atoms with van der Waals surface area (Å²) in [5.74, 6) is 0. The van der Waals surface area contributed by atoms with Gasteiger partial charge in [0, 0.05) is 28.1 Å². The summed E-state index contributed by atoms with van der Waals surface area (Å²) in [6.07, 6.45) is 0.984. The Morgan fingerprint density at radius 2 is 1.85 bits per heavy atom. The van der Waals surface area contributed by atoms with Gasteiger partial charge >= 0.3 is 0 Å². The number of rotatable bonds is 6. The lowest BCUT2D eigenvalue weighted by molar-refractivity contribution is 0.565. The van der Waals surface area contributed by atoms with Crippen LogP contribution < -0.4 is 9.62 Å². The highest BCUT2D eigenvalue weighted by atomic mass is 79.9. The predicted octanol–water partition coefficient (Wildman–Crippen LogP) is 4.59. The number of benzene rings is 2. The van der Waals surface area contributed by atoms with Gasteiger partial charge in [-0.05, 0) is 53.8 Å². The standard InChI is InChI=1S/C20H19BrN2O2S2/c21-16-7-9-17(10-8-16)27(24,25)22-14-19(20-6-3-13-26-20)23-12-11-15-4-1-2-5-18(15)23/h1-10,13,19,22H,11-12,14H2. The fourth-order valence-corrected chi connectivity index (χ4v) is 5.56. The van der Waals surface area contributed by atoms with Crippen LogP contribution in [-0.2, 0) is 16.4 Å². The van der Waals surface area contributed by atoms with Crippen molar-refractivity contribution in [2.24, 2.45) is 0 Å². The maximum absolute atomic E-state index is 12.7. The van der Waals surface area contributed by atoms with Crippen LogP contribution in [0, 0.1) is 0 Å². The average molecular weight is 463 g/mol. The van der Waals surface area contributed by atoms with Crippen LogP contribution in [0.1, 0.15) is 16.5 Å². The van der Waals surface area contributed by atoms with Crippen LogP contribution in [0.4, 0.5) is 5.69 Å². The SMILES string of the molecule is O=S(=O)(NCC(c1cccs1)N1CCc2ccccc21)c1ccc(Br)cc1. The third-order valence-electron chi connectivity index (χ3n) is 4.76. The van der Waals surface area contributed by atoms with Gasteiger partial charge in [0.05, 0.1) is 10.9 Å². The molecule has 0 saturated carbocycles. The minimum atomic E-state index is -3.56. The first-order chi connectivity index (χ1) is 13.0. The van der Waals surface area contributed by atoms with Gasteiger partial charge < -0.3 is 4.90 Å². The summed E-state index contributed by atoms with van der Waals surface area (Å²) in [5, 5.41) is 2.04. The van der Waals surface area contributed by atoms with E-state index in [0.717, 1.165) is 22.3 Å². The van der Waals surface area contributed by atoms with Crippen molar-refractivity contribution in [1.82, 2.24) is 4.72 Å². The zero-order valence-corrected chi connectivity index (χ0v) is 17.7. The number of halogens is 1. The summed E-state index contributed by atoms with van der Waals surface area (Å²) in [7, 11) is -3.56. The third-order valence-corrected chi connectivity index (χ3v) is 7.70. The highest BCUT2D eigenvalue weighted by Crippen LogP contribution is 2.36. The second-order valence-electron chi connectivity index (χ2n) is 6.41. The Labute approximate surface area is 172 Å². The Hall–Kier alpha value is -1.67. The average Bonchev–Trinajstić information content (AvgIpc) is 3.33. The van der Waals surface area contributed by atoms with E-state index in [9.17, 15) is 8.42 Å². The minimum Gasteiger partial charge on any atom is -0.362 e. The molecule has 1 aromatic heterocycles. The van der Waals surface area contributed by atoms with E-state index in [1.54, 1.807) is 35.6 Å². The second kappa shape index (κ2) is 7.75. The van der Waals surface area contributed by atoms with Gasteiger partial charge in [-0.2, -0.15) is 0 Å². The monoisotopic (exact) mass is 462 g/mol. The fourth-order valence-electron chi connectivity index (χ4n) is 3.42. The molecule has 1 aliphatic rings. The first-order valence-electron chi connectivity index (χ1n) is 8.68. The van der Waals surface area contributed by atoms with Crippen LogP contribution in [0.2, 0.25) is 0 Å². The number of sulfonamides is 1. The Morgan fingerprint density at radius 3 is 2.59 bits per heavy atom. The van der Waals surface area contributed by atoms with E-state index in [-0.39, 0.29) is 10.9 Å². The first-order valence-corrected chi connectivity index (χ1v) is 11.8. The largest absolute Gasteiger partial charge is 0.362 e. The molecule has 0 aliphatic carbocycles. The van der Waals surface area contributed by atoms with Crippen LogP contribution in [0.5, 0.6) is 0 Å². The molecule has 140 valence electrons. The van der Waals surface area contributed by atoms with E-state index in [0.29, 0.717) is 6.54 Å². The molecule has 1 atom stereocenters. The first kappa shape index (κ1) is 18.7. The van der Waals surface area contributed by atoms with Crippen molar-refractivity contribution in [2.45, 2.75) is 17.4 Å². The molecule has 4 nitrogen and oxygen atoms in total. The van der Waals surface area contributed by atoms with Crippen molar-refractivity contribution in [3.63, 3.8) is 0 Å². The van der Waals surface area contributed by atoms with E-state index in [2.05, 4.69) is 49.8 Å². The highest BCUT2D eigenvalue weighted by molar-refractivity contribution is 9.10. The number of hydrogen-bond donors (Lipinski definition) is 1. The van der Waals surface area contributed by atoms with Crippen molar-refractivity contribution < 1.29 is 8.42 Å². The topological polar surface area (TPSA) is 49.4 Å². The van der Waals surface area contributed by atoms with Gasteiger partial charge in [-0.15, -0.1) is 11.3 Å². The van der Waals surface area contributed by atoms with Crippen LogP contribution in [0.15, 0.2) is 75.4 Å². The van der Waals surface area contributed by atoms with Gasteiger partial charge in [0.15, 0.2) is 0 Å². The summed E-state index contributed by atoms with van der Waals surface area (Å²) >= 11 is 5.00. The zero-order valence-electron chi connectivity index (χ0n) is 14.5. The minimum absolute atomic E-state index is 0.0288. The summed E-state index contributed by atoms with van der Waals surface area (Å²) in [5.41, 5.74) is 2.51. The molecular weight excluding hydrogens is 444 g/mol. The maximum atomic E-state index is 12.7. The van der Waals surface area contributed by atoms with Gasteiger partial charge in [0.25, 0.3) is 0 Å². The molecule has 1 N–H and O–H groups in total. The third kappa shape index (κ3) is 3.96. The zero-order chi connectivity index (χ0) is 18.9. The molecule has 0 amide bonds. The fraction of sp³-hybridized carbons (Fsp3) is 0.200. The number of thiophene rings is 1. The molecule has 0 spiro atoms. The van der Waals surface area contributed by atoms with E-state index >= 15 is 0 Å². The lowest BCUT2D eigenvalue weighted by Gasteiger charge is -2.30. The molecule has 2 heterocycles. The number of anilines is 1. The Bertz CT molecular complexity index is 1020. The molecule has 0 radical (unpaired) electrons. The maximum Gasteiger partial charge on any atom is 0.240 e. The summed E-state index contributed by atoms with van der Waals surface area (Å²) in [4.78, 5) is 3.74. The summed E-state index contributed by atoms with van der Waals surface area (Å²) in [6, 6.07) is 19.1. The Kier molecular flexibility index (Phi) is 5.36. The lowest BCUT2D eigenvalue weighted by atomic mass is 10.1. The normalized spacial score (nSPS) is 14.9. The van der Waals surface area contributed by atoms with Crippen molar-refractivity contribution in [3.8, 4) is 0 Å². The van der Waals surface area contributed by atoms with Gasteiger partial charge in [0.2, 0.25) is 10.0 Å². The Balaban J connectivity index is 1.59. The molecule has 2 aromatic carbocycles. The number of nitrogens with zero attached hydrogens (tertiary/aromatic N) is 1. The number of nitrogens with one attached hydrogen (secondary N) is 1. The molecule has 0 bridgehead atoms. The molecule has 1 unspecified atom stereocenters. The van der Waals surface area contributed by atoms with E-state index in [1.807, 2.05) is 17.5 Å². The number of fused-ring (bicyclic) bond motifs is 1. The van der Waals surface area contributed by atoms with E-state index in [4.69, 9.17) is 0 Å². The van der Waals surface area contributed by atoms with Crippen LogP contribution in [-0.4, -0.2) is 21.5 Å². The van der Waals surface area contributed by atoms with Crippen molar-refractivity contribution in [3.05, 3.63) is 81.0 Å². The lowest BCUT2D eigenvalue weighted by Crippen LogP contribution is -2.37. The summed E-state index contributed by atoms with van der Waals surface area (Å²) in [6.45, 7) is 1.22. The Morgan fingerprint density at radius 1 is 1.07 bits per heavy atom. The number of hydrogen-bond acceptors (Lipinski definition) is 4. The van der Waals surface area contributed by atoms with Gasteiger partial charge in [-0.3, -0.25) is 0 Å². The molecule has 3 aromatic rings. The van der Waals surface area contributed by atoms with Crippen molar-refractivity contribution >= 4 is 43.0 Å². The molecule has 7 heteroatoms. The van der Waals surface area contributed by atoms with Crippen LogP contribution in [0.3, 0.4) is 0 Å². The van der Waals surface area contributed by atoms with Gasteiger partial charge in [-0.25, -0.2) is 13.1 Å². The van der Waals surface area contributed by atoms with Gasteiger partial charge in [0.1, 0.15) is 0 Å². The van der Waals surface area contributed by atoms with Crippen molar-refractivity contribution in [1.29, 1.82) is 0 Å². The van der Waals surface area contributed by atoms with Gasteiger partial charge in [-0.1, -0.05) is 40.2 Å². The highest BCUT2D eigenvalue weighted by Gasteiger charge is 2.29. The molecule has 0 fully saturated rings. The molecule has 4 rings (SSSR count). The van der Waals surface area contributed by atoms with Crippen LogP contribution in [0.25, 0.3) is 0 Å². The predicted molar refractivity (Wildman–Crippen MR) is 114 cm³/mol. The smallest absolute Gasteiger partial charge is 0.240 e. The second-order valence-corrected chi connectivity index (χ2v) is 10.1. The molecule has 27 heavy (non-hydrogen) atoms. The summed E-state index contributed by atoms with van der Waals surface area (Å²) < 4.78 is 29.1. The van der Waals surface area contributed by atoms with Crippen LogP contribution >= 0.6 is 27.3 Å². The molecular formula is C20H19BrN2O2S2. The van der Waals surface area contributed by atoms with E-state index in [1.165, 1.54) is 11.3 Å². The number of para-hydroxylation sites is 1. The molecule has 1 aliphatic heterocycles. The van der Waals surface area contributed by atoms with Crippen molar-refractivity contribution in [2.75, 3.05) is 18.0 Å². The van der Waals surface area contributed by atoms with E-state index < -0.39 is 10.0 Å². The quantitative estimate of drug-likeness (QED) is 0.582. The molecule has 0 saturated heterocycles.